The molecule has 26 heavy (non-hydrogen) atoms. The van der Waals surface area contributed by atoms with Gasteiger partial charge in [-0.25, -0.2) is 0 Å². The molecule has 1 saturated heterocycles. The second-order valence-corrected chi connectivity index (χ2v) is 7.52. The lowest BCUT2D eigenvalue weighted by Crippen LogP contribution is -2.38. The Hall–Kier alpha value is -1.43. The Morgan fingerprint density at radius 3 is 2.65 bits per heavy atom. The minimum Gasteiger partial charge on any atom is -0.379 e. The molecule has 2 aliphatic rings. The van der Waals surface area contributed by atoms with E-state index >= 15 is 0 Å². The number of benzene rings is 1. The summed E-state index contributed by atoms with van der Waals surface area (Å²) in [7, 11) is 0. The number of nitrogens with one attached hydrogen (secondary N) is 2. The molecular weight excluding hydrogens is 326 g/mol. The Kier molecular flexibility index (Phi) is 7.92. The van der Waals surface area contributed by atoms with Crippen LogP contribution in [0.2, 0.25) is 0 Å². The van der Waals surface area contributed by atoms with Gasteiger partial charge in [-0.2, -0.15) is 0 Å². The van der Waals surface area contributed by atoms with Crippen molar-refractivity contribution >= 4 is 11.6 Å². The summed E-state index contributed by atoms with van der Waals surface area (Å²) >= 11 is 0. The van der Waals surface area contributed by atoms with Crippen LogP contribution in [0.3, 0.4) is 0 Å². The number of hydrogen-bond donors (Lipinski definition) is 2. The van der Waals surface area contributed by atoms with Gasteiger partial charge in [0.2, 0.25) is 5.91 Å². The standard InChI is InChI=1S/C21H33N3O2/c25-21(10-11-24-12-14-26-15-13-24)23-20-9-5-6-18(16-20)17-22-19-7-3-1-2-4-8-19/h5-6,9,16,19,22H,1-4,7-8,10-15,17H2,(H,23,25). The average molecular weight is 360 g/mol. The van der Waals surface area contributed by atoms with Crippen LogP contribution >= 0.6 is 0 Å². The molecule has 2 fully saturated rings. The van der Waals surface area contributed by atoms with Crippen molar-refractivity contribution in [3.63, 3.8) is 0 Å². The van der Waals surface area contributed by atoms with Crippen molar-refractivity contribution < 1.29 is 9.53 Å². The van der Waals surface area contributed by atoms with Crippen molar-refractivity contribution in [1.29, 1.82) is 0 Å². The van der Waals surface area contributed by atoms with Crippen LogP contribution in [0.25, 0.3) is 0 Å². The minimum atomic E-state index is 0.0883. The Morgan fingerprint density at radius 1 is 1.12 bits per heavy atom. The highest BCUT2D eigenvalue weighted by Crippen LogP contribution is 2.18. The number of carbonyl (C=O) groups excluding carboxylic acids is 1. The number of hydrogen-bond acceptors (Lipinski definition) is 4. The number of anilines is 1. The number of rotatable bonds is 7. The normalized spacial score (nSPS) is 19.8. The maximum atomic E-state index is 12.2. The Bertz CT molecular complexity index is 550. The van der Waals surface area contributed by atoms with Gasteiger partial charge in [0.05, 0.1) is 13.2 Å². The second-order valence-electron chi connectivity index (χ2n) is 7.52. The van der Waals surface area contributed by atoms with Crippen molar-refractivity contribution in [3.8, 4) is 0 Å². The summed E-state index contributed by atoms with van der Waals surface area (Å²) in [5, 5.41) is 6.74. The predicted molar refractivity (Wildman–Crippen MR) is 105 cm³/mol. The second kappa shape index (κ2) is 10.7. The molecule has 1 aromatic rings. The molecular formula is C21H33N3O2. The van der Waals surface area contributed by atoms with Crippen molar-refractivity contribution in [2.45, 2.75) is 57.5 Å². The van der Waals surface area contributed by atoms with Crippen molar-refractivity contribution in [3.05, 3.63) is 29.8 Å². The monoisotopic (exact) mass is 359 g/mol. The summed E-state index contributed by atoms with van der Waals surface area (Å²) < 4.78 is 5.34. The third-order valence-corrected chi connectivity index (χ3v) is 5.42. The summed E-state index contributed by atoms with van der Waals surface area (Å²) in [6, 6.07) is 8.87. The Balaban J connectivity index is 1.41. The zero-order chi connectivity index (χ0) is 18.0. The topological polar surface area (TPSA) is 53.6 Å². The van der Waals surface area contributed by atoms with E-state index in [2.05, 4.69) is 27.7 Å². The van der Waals surface area contributed by atoms with Crippen molar-refractivity contribution in [2.24, 2.45) is 0 Å². The molecule has 1 aliphatic carbocycles. The summed E-state index contributed by atoms with van der Waals surface area (Å²) in [5.41, 5.74) is 2.14. The fourth-order valence-electron chi connectivity index (χ4n) is 3.81. The zero-order valence-electron chi connectivity index (χ0n) is 15.8. The van der Waals surface area contributed by atoms with Gasteiger partial charge in [0.15, 0.2) is 0 Å². The molecule has 5 heteroatoms. The van der Waals surface area contributed by atoms with E-state index in [0.29, 0.717) is 12.5 Å². The maximum Gasteiger partial charge on any atom is 0.225 e. The van der Waals surface area contributed by atoms with Crippen LogP contribution in [-0.4, -0.2) is 49.7 Å². The van der Waals surface area contributed by atoms with Crippen LogP contribution in [0, 0.1) is 0 Å². The molecule has 0 atom stereocenters. The third-order valence-electron chi connectivity index (χ3n) is 5.42. The van der Waals surface area contributed by atoms with Crippen LogP contribution < -0.4 is 10.6 Å². The number of morpholine rings is 1. The fourth-order valence-corrected chi connectivity index (χ4v) is 3.81. The SMILES string of the molecule is O=C(CCN1CCOCC1)Nc1cccc(CNC2CCCCCC2)c1. The highest BCUT2D eigenvalue weighted by Gasteiger charge is 2.13. The average Bonchev–Trinajstić information content (AvgIpc) is 2.95. The number of carbonyl (C=O) groups is 1. The molecule has 1 amide bonds. The summed E-state index contributed by atoms with van der Waals surface area (Å²) in [4.78, 5) is 14.5. The molecule has 0 spiro atoms. The van der Waals surface area contributed by atoms with Gasteiger partial charge >= 0.3 is 0 Å². The highest BCUT2D eigenvalue weighted by molar-refractivity contribution is 5.90. The molecule has 5 nitrogen and oxygen atoms in total. The minimum absolute atomic E-state index is 0.0883. The van der Waals surface area contributed by atoms with Gasteiger partial charge < -0.3 is 15.4 Å². The van der Waals surface area contributed by atoms with E-state index in [1.807, 2.05) is 12.1 Å². The molecule has 0 radical (unpaired) electrons. The van der Waals surface area contributed by atoms with Gasteiger partial charge in [-0.15, -0.1) is 0 Å². The quantitative estimate of drug-likeness (QED) is 0.734. The van der Waals surface area contributed by atoms with Gasteiger partial charge in [-0.3, -0.25) is 9.69 Å². The smallest absolute Gasteiger partial charge is 0.225 e. The largest absolute Gasteiger partial charge is 0.379 e. The maximum absolute atomic E-state index is 12.2. The predicted octanol–water partition coefficient (Wildman–Crippen LogP) is 3.16. The fraction of sp³-hybridized carbons (Fsp3) is 0.667. The van der Waals surface area contributed by atoms with E-state index in [0.717, 1.165) is 45.1 Å². The lowest BCUT2D eigenvalue weighted by Gasteiger charge is -2.26. The van der Waals surface area contributed by atoms with Gasteiger partial charge in [0.25, 0.3) is 0 Å². The first-order chi connectivity index (χ1) is 12.8. The van der Waals surface area contributed by atoms with E-state index < -0.39 is 0 Å². The molecule has 1 heterocycles. The summed E-state index contributed by atoms with van der Waals surface area (Å²) in [5.74, 6) is 0.0883. The summed E-state index contributed by atoms with van der Waals surface area (Å²) in [6.45, 7) is 5.08. The van der Waals surface area contributed by atoms with Crippen LogP contribution in [0.5, 0.6) is 0 Å². The number of nitrogens with zero attached hydrogens (tertiary/aromatic N) is 1. The van der Waals surface area contributed by atoms with E-state index in [-0.39, 0.29) is 5.91 Å². The molecule has 1 aromatic carbocycles. The van der Waals surface area contributed by atoms with E-state index in [1.165, 1.54) is 44.1 Å². The van der Waals surface area contributed by atoms with Gasteiger partial charge in [-0.05, 0) is 30.5 Å². The molecule has 0 aromatic heterocycles. The summed E-state index contributed by atoms with van der Waals surface area (Å²) in [6.07, 6.45) is 8.56. The molecule has 0 bridgehead atoms. The third kappa shape index (κ3) is 6.71. The number of amides is 1. The molecule has 1 saturated carbocycles. The van der Waals surface area contributed by atoms with Crippen LogP contribution in [0.4, 0.5) is 5.69 Å². The lowest BCUT2D eigenvalue weighted by molar-refractivity contribution is -0.116. The van der Waals surface area contributed by atoms with Crippen LogP contribution in [-0.2, 0) is 16.1 Å². The van der Waals surface area contributed by atoms with Gasteiger partial charge in [0.1, 0.15) is 0 Å². The molecule has 2 N–H and O–H groups in total. The first-order valence-corrected chi connectivity index (χ1v) is 10.2. The number of ether oxygens (including phenoxy) is 1. The molecule has 3 rings (SSSR count). The Labute approximate surface area is 157 Å². The van der Waals surface area contributed by atoms with Crippen molar-refractivity contribution in [1.82, 2.24) is 10.2 Å². The van der Waals surface area contributed by atoms with Crippen LogP contribution in [0.15, 0.2) is 24.3 Å². The molecule has 144 valence electrons. The van der Waals surface area contributed by atoms with E-state index in [9.17, 15) is 4.79 Å². The lowest BCUT2D eigenvalue weighted by atomic mass is 10.1. The highest BCUT2D eigenvalue weighted by atomic mass is 16.5. The molecule has 0 unspecified atom stereocenters. The van der Waals surface area contributed by atoms with E-state index in [1.54, 1.807) is 0 Å². The van der Waals surface area contributed by atoms with Gasteiger partial charge in [0, 0.05) is 44.3 Å². The van der Waals surface area contributed by atoms with Crippen molar-refractivity contribution in [2.75, 3.05) is 38.2 Å². The van der Waals surface area contributed by atoms with Crippen LogP contribution in [0.1, 0.15) is 50.5 Å². The Morgan fingerprint density at radius 2 is 1.88 bits per heavy atom. The molecule has 1 aliphatic heterocycles. The first-order valence-electron chi connectivity index (χ1n) is 10.2. The van der Waals surface area contributed by atoms with E-state index in [4.69, 9.17) is 4.74 Å². The first kappa shape index (κ1) is 19.3. The zero-order valence-corrected chi connectivity index (χ0v) is 15.8. The van der Waals surface area contributed by atoms with Gasteiger partial charge in [-0.1, -0.05) is 37.8 Å².